The van der Waals surface area contributed by atoms with Crippen molar-refractivity contribution in [1.29, 1.82) is 0 Å². The van der Waals surface area contributed by atoms with Gasteiger partial charge in [-0.1, -0.05) is 12.6 Å². The summed E-state index contributed by atoms with van der Waals surface area (Å²) in [5, 5.41) is 4.26. The number of carbonyl (C=O) groups is 2. The van der Waals surface area contributed by atoms with Crippen LogP contribution in [0.25, 0.3) is 22.0 Å². The van der Waals surface area contributed by atoms with E-state index in [0.29, 0.717) is 18.9 Å². The summed E-state index contributed by atoms with van der Waals surface area (Å²) in [5.41, 5.74) is 4.95. The van der Waals surface area contributed by atoms with Crippen LogP contribution in [0.4, 0.5) is 5.95 Å². The smallest absolute Gasteiger partial charge is 0.246 e. The SMILES string of the molecule is C=CC(=O)N1CC(Nc2ncc3cc(-c4c(C)c(OC)cc(OC)c4C)ccc3n2)CC1C(=O)N1CCCC1. The number of hydrogen-bond donors (Lipinski definition) is 1. The molecule has 2 aliphatic heterocycles. The van der Waals surface area contributed by atoms with Gasteiger partial charge in [0, 0.05) is 43.3 Å². The topological polar surface area (TPSA) is 96.9 Å². The molecule has 0 saturated carbocycles. The van der Waals surface area contributed by atoms with Gasteiger partial charge in [0.1, 0.15) is 17.5 Å². The van der Waals surface area contributed by atoms with Crippen molar-refractivity contribution in [3.63, 3.8) is 0 Å². The van der Waals surface area contributed by atoms with E-state index in [-0.39, 0.29) is 17.9 Å². The number of ether oxygens (including phenoxy) is 2. The van der Waals surface area contributed by atoms with E-state index in [2.05, 4.69) is 22.9 Å². The minimum absolute atomic E-state index is 0.0127. The number of benzene rings is 2. The van der Waals surface area contributed by atoms with Crippen LogP contribution in [0.15, 0.2) is 43.1 Å². The van der Waals surface area contributed by atoms with Gasteiger partial charge < -0.3 is 24.6 Å². The average Bonchev–Trinajstić information content (AvgIpc) is 3.63. The lowest BCUT2D eigenvalue weighted by molar-refractivity contribution is -0.140. The minimum atomic E-state index is -0.500. The zero-order valence-corrected chi connectivity index (χ0v) is 23.0. The van der Waals surface area contributed by atoms with Crippen molar-refractivity contribution in [2.45, 2.75) is 45.2 Å². The van der Waals surface area contributed by atoms with E-state index in [0.717, 1.165) is 70.6 Å². The minimum Gasteiger partial charge on any atom is -0.496 e. The van der Waals surface area contributed by atoms with Gasteiger partial charge in [0.05, 0.1) is 19.7 Å². The molecule has 2 aliphatic rings. The number of hydrogen-bond acceptors (Lipinski definition) is 7. The normalized spacial score (nSPS) is 18.9. The molecule has 1 aromatic heterocycles. The van der Waals surface area contributed by atoms with E-state index in [1.165, 1.54) is 6.08 Å². The van der Waals surface area contributed by atoms with Gasteiger partial charge in [0.25, 0.3) is 0 Å². The highest BCUT2D eigenvalue weighted by molar-refractivity contribution is 5.93. The first-order chi connectivity index (χ1) is 18.8. The molecule has 5 rings (SSSR count). The summed E-state index contributed by atoms with van der Waals surface area (Å²) in [4.78, 5) is 38.5. The Morgan fingerprint density at radius 3 is 2.41 bits per heavy atom. The summed E-state index contributed by atoms with van der Waals surface area (Å²) in [6, 6.07) is 7.35. The zero-order valence-electron chi connectivity index (χ0n) is 23.0. The molecule has 3 aromatic rings. The second kappa shape index (κ2) is 10.9. The summed E-state index contributed by atoms with van der Waals surface area (Å²) in [6.07, 6.45) is 5.59. The maximum atomic E-state index is 13.2. The standard InChI is InChI=1S/C30H35N5O4/c1-6-27(36)35-17-22(14-24(35)29(37)34-11-7-8-12-34)32-30-31-16-21-13-20(9-10-23(21)33-30)28-18(2)25(38-4)15-26(39-5)19(28)3/h6,9-10,13,15-16,22,24H,1,7-8,11-12,14,17H2,2-5H3,(H,31,32,33). The van der Waals surface area contributed by atoms with Gasteiger partial charge in [-0.3, -0.25) is 9.59 Å². The molecule has 3 heterocycles. The zero-order chi connectivity index (χ0) is 27.7. The van der Waals surface area contributed by atoms with Crippen molar-refractivity contribution in [3.8, 4) is 22.6 Å². The molecule has 2 fully saturated rings. The van der Waals surface area contributed by atoms with Crippen molar-refractivity contribution in [3.05, 3.63) is 54.2 Å². The maximum absolute atomic E-state index is 13.2. The predicted octanol–water partition coefficient (Wildman–Crippen LogP) is 4.12. The number of nitrogens with one attached hydrogen (secondary N) is 1. The summed E-state index contributed by atoms with van der Waals surface area (Å²) >= 11 is 0. The molecule has 0 spiro atoms. The van der Waals surface area contributed by atoms with Crippen LogP contribution in [0.3, 0.4) is 0 Å². The van der Waals surface area contributed by atoms with Crippen LogP contribution in [0.1, 0.15) is 30.4 Å². The first-order valence-corrected chi connectivity index (χ1v) is 13.3. The van der Waals surface area contributed by atoms with Crippen LogP contribution in [0.2, 0.25) is 0 Å². The number of fused-ring (bicyclic) bond motifs is 1. The summed E-state index contributed by atoms with van der Waals surface area (Å²) in [6.45, 7) is 9.60. The lowest BCUT2D eigenvalue weighted by Gasteiger charge is -2.26. The number of aromatic nitrogens is 2. The third-order valence-electron chi connectivity index (χ3n) is 7.85. The van der Waals surface area contributed by atoms with E-state index in [4.69, 9.17) is 14.5 Å². The molecule has 0 aliphatic carbocycles. The van der Waals surface area contributed by atoms with Gasteiger partial charge in [0.15, 0.2) is 0 Å². The van der Waals surface area contributed by atoms with Crippen molar-refractivity contribution in [1.82, 2.24) is 19.8 Å². The number of methoxy groups -OCH3 is 2. The van der Waals surface area contributed by atoms with E-state index < -0.39 is 6.04 Å². The highest BCUT2D eigenvalue weighted by atomic mass is 16.5. The van der Waals surface area contributed by atoms with Crippen molar-refractivity contribution < 1.29 is 19.1 Å². The monoisotopic (exact) mass is 529 g/mol. The maximum Gasteiger partial charge on any atom is 0.246 e. The van der Waals surface area contributed by atoms with Crippen molar-refractivity contribution in [2.75, 3.05) is 39.2 Å². The van der Waals surface area contributed by atoms with Gasteiger partial charge in [0.2, 0.25) is 17.8 Å². The molecule has 2 aromatic carbocycles. The number of anilines is 1. The summed E-state index contributed by atoms with van der Waals surface area (Å²) in [5.74, 6) is 1.79. The number of carbonyl (C=O) groups excluding carboxylic acids is 2. The molecular formula is C30H35N5O4. The Kier molecular flexibility index (Phi) is 7.41. The van der Waals surface area contributed by atoms with Gasteiger partial charge >= 0.3 is 0 Å². The first kappa shape index (κ1) is 26.5. The molecular weight excluding hydrogens is 494 g/mol. The number of likely N-dealkylation sites (tertiary alicyclic amines) is 2. The van der Waals surface area contributed by atoms with E-state index in [1.54, 1.807) is 25.3 Å². The Balaban J connectivity index is 1.38. The number of amides is 2. The Morgan fingerprint density at radius 2 is 1.77 bits per heavy atom. The molecule has 2 unspecified atom stereocenters. The molecule has 0 bridgehead atoms. The lowest BCUT2D eigenvalue weighted by Crippen LogP contribution is -2.46. The highest BCUT2D eigenvalue weighted by Crippen LogP contribution is 2.39. The first-order valence-electron chi connectivity index (χ1n) is 13.3. The van der Waals surface area contributed by atoms with Gasteiger partial charge in [-0.05, 0) is 73.6 Å². The molecule has 1 N–H and O–H groups in total. The van der Waals surface area contributed by atoms with Crippen LogP contribution in [0.5, 0.6) is 11.5 Å². The largest absolute Gasteiger partial charge is 0.496 e. The summed E-state index contributed by atoms with van der Waals surface area (Å²) in [7, 11) is 3.32. The van der Waals surface area contributed by atoms with Crippen LogP contribution < -0.4 is 14.8 Å². The average molecular weight is 530 g/mol. The number of rotatable bonds is 7. The fraction of sp³-hybridized carbons (Fsp3) is 0.400. The second-order valence-corrected chi connectivity index (χ2v) is 10.2. The van der Waals surface area contributed by atoms with Crippen LogP contribution in [-0.2, 0) is 9.59 Å². The van der Waals surface area contributed by atoms with E-state index in [9.17, 15) is 9.59 Å². The number of nitrogens with zero attached hydrogens (tertiary/aromatic N) is 4. The third kappa shape index (κ3) is 5.01. The molecule has 2 saturated heterocycles. The highest BCUT2D eigenvalue weighted by Gasteiger charge is 2.41. The van der Waals surface area contributed by atoms with Crippen LogP contribution >= 0.6 is 0 Å². The van der Waals surface area contributed by atoms with Gasteiger partial charge in [-0.2, -0.15) is 0 Å². The quantitative estimate of drug-likeness (QED) is 0.460. The molecule has 9 heteroatoms. The second-order valence-electron chi connectivity index (χ2n) is 10.2. The molecule has 2 amide bonds. The third-order valence-corrected chi connectivity index (χ3v) is 7.85. The Bertz CT molecular complexity index is 1400. The molecule has 2 atom stereocenters. The lowest BCUT2D eigenvalue weighted by atomic mass is 9.93. The van der Waals surface area contributed by atoms with Crippen molar-refractivity contribution in [2.24, 2.45) is 0 Å². The van der Waals surface area contributed by atoms with Gasteiger partial charge in [-0.25, -0.2) is 9.97 Å². The van der Waals surface area contributed by atoms with Crippen LogP contribution in [-0.4, -0.2) is 77.5 Å². The Labute approximate surface area is 228 Å². The molecule has 39 heavy (non-hydrogen) atoms. The fourth-order valence-corrected chi connectivity index (χ4v) is 5.85. The molecule has 0 radical (unpaired) electrons. The Morgan fingerprint density at radius 1 is 1.08 bits per heavy atom. The predicted molar refractivity (Wildman–Crippen MR) is 151 cm³/mol. The van der Waals surface area contributed by atoms with Gasteiger partial charge in [-0.15, -0.1) is 0 Å². The summed E-state index contributed by atoms with van der Waals surface area (Å²) < 4.78 is 11.2. The van der Waals surface area contributed by atoms with E-state index in [1.807, 2.05) is 36.9 Å². The molecule has 9 nitrogen and oxygen atoms in total. The Hall–Kier alpha value is -4.14. The fourth-order valence-electron chi connectivity index (χ4n) is 5.85. The van der Waals surface area contributed by atoms with E-state index >= 15 is 0 Å². The molecule has 204 valence electrons. The van der Waals surface area contributed by atoms with Crippen molar-refractivity contribution >= 4 is 28.7 Å². The van der Waals surface area contributed by atoms with Crippen LogP contribution in [0, 0.1) is 13.8 Å².